The second-order valence-corrected chi connectivity index (χ2v) is 5.35. The van der Waals surface area contributed by atoms with Gasteiger partial charge in [-0.05, 0) is 24.5 Å². The lowest BCUT2D eigenvalue weighted by atomic mass is 10.2. The van der Waals surface area contributed by atoms with Gasteiger partial charge in [-0.25, -0.2) is 4.98 Å². The molecule has 0 saturated carbocycles. The predicted octanol–water partition coefficient (Wildman–Crippen LogP) is 2.67. The summed E-state index contributed by atoms with van der Waals surface area (Å²) in [5.74, 6) is 2.08. The molecule has 4 N–H and O–H groups in total. The number of aromatic nitrogens is 2. The summed E-state index contributed by atoms with van der Waals surface area (Å²) in [6.45, 7) is 5.82. The molecule has 0 unspecified atom stereocenters. The molecule has 1 aromatic heterocycles. The van der Waals surface area contributed by atoms with Crippen LogP contribution in [0.5, 0.6) is 0 Å². The fourth-order valence-electron chi connectivity index (χ4n) is 1.93. The number of benzene rings is 1. The molecule has 116 valence electrons. The number of nitrogens with one attached hydrogen (secondary N) is 2. The van der Waals surface area contributed by atoms with Crippen LogP contribution >= 0.6 is 24.0 Å². The van der Waals surface area contributed by atoms with Gasteiger partial charge < -0.3 is 16.0 Å². The van der Waals surface area contributed by atoms with E-state index in [-0.39, 0.29) is 24.0 Å². The molecule has 5 nitrogen and oxygen atoms in total. The van der Waals surface area contributed by atoms with Crippen LogP contribution in [-0.2, 0) is 6.42 Å². The van der Waals surface area contributed by atoms with E-state index in [1.54, 1.807) is 0 Å². The fraction of sp³-hybridized carbons (Fsp3) is 0.467. The number of aryl methyl sites for hydroxylation is 1. The summed E-state index contributed by atoms with van der Waals surface area (Å²) >= 11 is 0. The van der Waals surface area contributed by atoms with Crippen LogP contribution in [0.1, 0.15) is 26.1 Å². The summed E-state index contributed by atoms with van der Waals surface area (Å²) in [6, 6.07) is 8.07. The minimum atomic E-state index is 0. The first-order chi connectivity index (χ1) is 9.65. The van der Waals surface area contributed by atoms with Crippen molar-refractivity contribution in [2.24, 2.45) is 16.6 Å². The van der Waals surface area contributed by atoms with Crippen LogP contribution in [0, 0.1) is 5.92 Å². The van der Waals surface area contributed by atoms with Gasteiger partial charge in [0.25, 0.3) is 0 Å². The van der Waals surface area contributed by atoms with E-state index in [2.05, 4.69) is 34.1 Å². The topological polar surface area (TPSA) is 79.1 Å². The molecular formula is C15H24IN5. The Bertz CT molecular complexity index is 543. The molecular weight excluding hydrogens is 377 g/mol. The normalized spacial score (nSPS) is 11.7. The molecule has 0 amide bonds. The zero-order valence-electron chi connectivity index (χ0n) is 12.6. The minimum Gasteiger partial charge on any atom is -0.370 e. The highest BCUT2D eigenvalue weighted by atomic mass is 127. The van der Waals surface area contributed by atoms with Crippen molar-refractivity contribution >= 4 is 41.0 Å². The predicted molar refractivity (Wildman–Crippen MR) is 99.2 cm³/mol. The molecule has 0 aliphatic heterocycles. The van der Waals surface area contributed by atoms with E-state index in [0.717, 1.165) is 42.8 Å². The zero-order valence-corrected chi connectivity index (χ0v) is 14.9. The van der Waals surface area contributed by atoms with Crippen molar-refractivity contribution in [2.45, 2.75) is 26.7 Å². The highest BCUT2D eigenvalue weighted by molar-refractivity contribution is 14.0. The van der Waals surface area contributed by atoms with Gasteiger partial charge >= 0.3 is 0 Å². The highest BCUT2D eigenvalue weighted by Crippen LogP contribution is 2.10. The summed E-state index contributed by atoms with van der Waals surface area (Å²) < 4.78 is 0. The molecule has 1 heterocycles. The maximum atomic E-state index is 5.78. The van der Waals surface area contributed by atoms with Crippen LogP contribution in [0.3, 0.4) is 0 Å². The quantitative estimate of drug-likeness (QED) is 0.301. The number of aromatic amines is 1. The first-order valence-electron chi connectivity index (χ1n) is 7.12. The Hall–Kier alpha value is -1.31. The number of nitrogens with two attached hydrogens (primary N) is 1. The summed E-state index contributed by atoms with van der Waals surface area (Å²) in [7, 11) is 0. The summed E-state index contributed by atoms with van der Waals surface area (Å²) in [6.07, 6.45) is 1.87. The fourth-order valence-corrected chi connectivity index (χ4v) is 1.93. The first kappa shape index (κ1) is 17.7. The van der Waals surface area contributed by atoms with Crippen molar-refractivity contribution in [3.05, 3.63) is 30.1 Å². The number of halogens is 1. The van der Waals surface area contributed by atoms with Crippen LogP contribution in [-0.4, -0.2) is 29.0 Å². The Labute approximate surface area is 142 Å². The summed E-state index contributed by atoms with van der Waals surface area (Å²) in [5.41, 5.74) is 7.89. The number of para-hydroxylation sites is 2. The van der Waals surface area contributed by atoms with Crippen molar-refractivity contribution in [3.8, 4) is 0 Å². The number of fused-ring (bicyclic) bond motifs is 1. The lowest BCUT2D eigenvalue weighted by Crippen LogP contribution is -2.33. The van der Waals surface area contributed by atoms with Gasteiger partial charge in [0, 0.05) is 19.5 Å². The van der Waals surface area contributed by atoms with Gasteiger partial charge in [0.05, 0.1) is 11.0 Å². The molecule has 1 aromatic carbocycles. The smallest absolute Gasteiger partial charge is 0.188 e. The van der Waals surface area contributed by atoms with Crippen molar-refractivity contribution in [2.75, 3.05) is 13.1 Å². The molecule has 0 fully saturated rings. The molecule has 21 heavy (non-hydrogen) atoms. The van der Waals surface area contributed by atoms with E-state index < -0.39 is 0 Å². The molecule has 0 radical (unpaired) electrons. The number of aliphatic imine (C=N–C) groups is 1. The molecule has 0 aliphatic rings. The Morgan fingerprint density at radius 3 is 2.86 bits per heavy atom. The number of hydrogen-bond acceptors (Lipinski definition) is 2. The maximum absolute atomic E-state index is 5.78. The Morgan fingerprint density at radius 2 is 2.14 bits per heavy atom. The van der Waals surface area contributed by atoms with E-state index >= 15 is 0 Å². The number of H-pyrrole nitrogens is 1. The van der Waals surface area contributed by atoms with Gasteiger partial charge in [-0.1, -0.05) is 26.0 Å². The Morgan fingerprint density at radius 1 is 1.38 bits per heavy atom. The number of hydrogen-bond donors (Lipinski definition) is 3. The second-order valence-electron chi connectivity index (χ2n) is 5.35. The number of rotatable bonds is 6. The lowest BCUT2D eigenvalue weighted by molar-refractivity contribution is 0.659. The largest absolute Gasteiger partial charge is 0.370 e. The van der Waals surface area contributed by atoms with Crippen LogP contribution in [0.4, 0.5) is 0 Å². The molecule has 6 heteroatoms. The van der Waals surface area contributed by atoms with Crippen molar-refractivity contribution in [1.29, 1.82) is 0 Å². The molecule has 0 spiro atoms. The van der Waals surface area contributed by atoms with Crippen molar-refractivity contribution < 1.29 is 0 Å². The molecule has 0 aliphatic carbocycles. The van der Waals surface area contributed by atoms with Gasteiger partial charge in [-0.3, -0.25) is 4.99 Å². The third-order valence-corrected chi connectivity index (χ3v) is 2.96. The molecule has 0 bridgehead atoms. The van der Waals surface area contributed by atoms with Gasteiger partial charge in [0.15, 0.2) is 5.96 Å². The van der Waals surface area contributed by atoms with Crippen LogP contribution in [0.2, 0.25) is 0 Å². The third kappa shape index (κ3) is 5.91. The number of nitrogens with zero attached hydrogens (tertiary/aromatic N) is 2. The van der Waals surface area contributed by atoms with Crippen molar-refractivity contribution in [3.63, 3.8) is 0 Å². The highest BCUT2D eigenvalue weighted by Gasteiger charge is 2.01. The monoisotopic (exact) mass is 401 g/mol. The van der Waals surface area contributed by atoms with Gasteiger partial charge in [0.1, 0.15) is 5.82 Å². The molecule has 0 atom stereocenters. The second kappa shape index (κ2) is 8.86. The minimum absolute atomic E-state index is 0. The SMILES string of the molecule is CC(C)CN=C(N)NCCCc1nc2ccccc2[nH]1.I. The maximum Gasteiger partial charge on any atom is 0.188 e. The number of guanidine groups is 1. The first-order valence-corrected chi connectivity index (χ1v) is 7.12. The summed E-state index contributed by atoms with van der Waals surface area (Å²) in [4.78, 5) is 12.1. The van der Waals surface area contributed by atoms with E-state index in [9.17, 15) is 0 Å². The lowest BCUT2D eigenvalue weighted by Gasteiger charge is -2.05. The van der Waals surface area contributed by atoms with Crippen LogP contribution in [0.15, 0.2) is 29.3 Å². The standard InChI is InChI=1S/C15H23N5.HI/c1-11(2)10-18-15(16)17-9-5-8-14-19-12-6-3-4-7-13(12)20-14;/h3-4,6-7,11H,5,8-10H2,1-2H3,(H,19,20)(H3,16,17,18);1H. The Kier molecular flexibility index (Phi) is 7.49. The van der Waals surface area contributed by atoms with Crippen molar-refractivity contribution in [1.82, 2.24) is 15.3 Å². The van der Waals surface area contributed by atoms with Crippen LogP contribution < -0.4 is 11.1 Å². The zero-order chi connectivity index (χ0) is 14.4. The molecule has 2 aromatic rings. The summed E-state index contributed by atoms with van der Waals surface area (Å²) in [5, 5.41) is 3.13. The molecule has 0 saturated heterocycles. The van der Waals surface area contributed by atoms with E-state index in [4.69, 9.17) is 5.73 Å². The van der Waals surface area contributed by atoms with Gasteiger partial charge in [-0.15, -0.1) is 24.0 Å². The average Bonchev–Trinajstić information content (AvgIpc) is 2.84. The number of imidazole rings is 1. The Balaban J connectivity index is 0.00000220. The van der Waals surface area contributed by atoms with E-state index in [0.29, 0.717) is 11.9 Å². The average molecular weight is 401 g/mol. The van der Waals surface area contributed by atoms with Gasteiger partial charge in [-0.2, -0.15) is 0 Å². The van der Waals surface area contributed by atoms with Gasteiger partial charge in [0.2, 0.25) is 0 Å². The van der Waals surface area contributed by atoms with E-state index in [1.807, 2.05) is 24.3 Å². The molecule has 2 rings (SSSR count). The van der Waals surface area contributed by atoms with Crippen LogP contribution in [0.25, 0.3) is 11.0 Å². The third-order valence-electron chi connectivity index (χ3n) is 2.96. The van der Waals surface area contributed by atoms with E-state index in [1.165, 1.54) is 0 Å².